The van der Waals surface area contributed by atoms with Gasteiger partial charge in [0.15, 0.2) is 5.16 Å². The smallest absolute Gasteiger partial charge is 0.263 e. The average Bonchev–Trinajstić information content (AvgIpc) is 3.41. The van der Waals surface area contributed by atoms with Gasteiger partial charge in [0.1, 0.15) is 10.6 Å². The molecule has 154 valence electrons. The molecule has 0 radical (unpaired) electrons. The van der Waals surface area contributed by atoms with Crippen LogP contribution < -0.4 is 10.9 Å². The lowest BCUT2D eigenvalue weighted by Gasteiger charge is -2.08. The number of thiophene rings is 2. The zero-order chi connectivity index (χ0) is 21.1. The van der Waals surface area contributed by atoms with Crippen LogP contribution in [0.1, 0.15) is 5.56 Å². The van der Waals surface area contributed by atoms with E-state index in [1.165, 1.54) is 39.8 Å². The SMILES string of the molecule is Cn1c(SCC(=O)NCCc2ccc(F)cc2)nc2scc(-c3cccs3)c2c1=O. The number of benzene rings is 1. The molecule has 5 nitrogen and oxygen atoms in total. The Labute approximate surface area is 184 Å². The normalized spacial score (nSPS) is 11.1. The Bertz CT molecular complexity index is 1230. The van der Waals surface area contributed by atoms with Crippen molar-refractivity contribution in [2.45, 2.75) is 11.6 Å². The van der Waals surface area contributed by atoms with E-state index in [-0.39, 0.29) is 23.0 Å². The first-order chi connectivity index (χ1) is 14.5. The highest BCUT2D eigenvalue weighted by Gasteiger charge is 2.16. The molecule has 4 rings (SSSR count). The number of fused-ring (bicyclic) bond motifs is 1. The minimum atomic E-state index is -0.275. The van der Waals surface area contributed by atoms with Gasteiger partial charge in [-0.25, -0.2) is 9.37 Å². The third-order valence-corrected chi connectivity index (χ3v) is 7.35. The summed E-state index contributed by atoms with van der Waals surface area (Å²) in [6, 6.07) is 10.2. The molecule has 4 aromatic rings. The number of carbonyl (C=O) groups is 1. The third-order valence-electron chi connectivity index (χ3n) is 4.54. The second-order valence-corrected chi connectivity index (χ2v) is 9.33. The van der Waals surface area contributed by atoms with Crippen molar-refractivity contribution in [3.05, 3.63) is 68.9 Å². The summed E-state index contributed by atoms with van der Waals surface area (Å²) in [7, 11) is 1.68. The van der Waals surface area contributed by atoms with Crippen LogP contribution >= 0.6 is 34.4 Å². The molecule has 3 aromatic heterocycles. The van der Waals surface area contributed by atoms with E-state index in [9.17, 15) is 14.0 Å². The maximum absolute atomic E-state index is 12.9. The summed E-state index contributed by atoms with van der Waals surface area (Å²) in [5.74, 6) is -0.248. The number of rotatable bonds is 7. The van der Waals surface area contributed by atoms with Crippen LogP contribution in [0.5, 0.6) is 0 Å². The molecule has 0 aliphatic rings. The largest absolute Gasteiger partial charge is 0.355 e. The lowest BCUT2D eigenvalue weighted by molar-refractivity contribution is -0.118. The number of thioether (sulfide) groups is 1. The number of amides is 1. The number of hydrogen-bond donors (Lipinski definition) is 1. The Kier molecular flexibility index (Phi) is 6.31. The lowest BCUT2D eigenvalue weighted by atomic mass is 10.1. The van der Waals surface area contributed by atoms with Crippen molar-refractivity contribution in [3.8, 4) is 10.4 Å². The first kappa shape index (κ1) is 20.8. The molecule has 0 saturated heterocycles. The molecule has 1 aromatic carbocycles. The zero-order valence-corrected chi connectivity index (χ0v) is 18.5. The highest BCUT2D eigenvalue weighted by Crippen LogP contribution is 2.34. The second-order valence-electron chi connectivity index (χ2n) is 6.58. The van der Waals surface area contributed by atoms with Crippen molar-refractivity contribution in [2.75, 3.05) is 12.3 Å². The Morgan fingerprint density at radius 1 is 1.23 bits per heavy atom. The molecule has 0 fully saturated rings. The van der Waals surface area contributed by atoms with E-state index in [4.69, 9.17) is 0 Å². The summed E-state index contributed by atoms with van der Waals surface area (Å²) in [6.45, 7) is 0.464. The van der Waals surface area contributed by atoms with Gasteiger partial charge < -0.3 is 5.32 Å². The molecule has 0 atom stereocenters. The molecule has 1 N–H and O–H groups in total. The molecule has 0 unspecified atom stereocenters. The number of aromatic nitrogens is 2. The van der Waals surface area contributed by atoms with E-state index in [0.717, 1.165) is 16.0 Å². The predicted octanol–water partition coefficient (Wildman–Crippen LogP) is 4.31. The summed E-state index contributed by atoms with van der Waals surface area (Å²) in [6.07, 6.45) is 0.625. The van der Waals surface area contributed by atoms with Gasteiger partial charge in [-0.15, -0.1) is 22.7 Å². The fraction of sp³-hybridized carbons (Fsp3) is 0.190. The maximum Gasteiger partial charge on any atom is 0.263 e. The highest BCUT2D eigenvalue weighted by atomic mass is 32.2. The number of carbonyl (C=O) groups excluding carboxylic acids is 1. The number of nitrogens with one attached hydrogen (secondary N) is 1. The van der Waals surface area contributed by atoms with Gasteiger partial charge in [-0.2, -0.15) is 0 Å². The zero-order valence-electron chi connectivity index (χ0n) is 16.1. The van der Waals surface area contributed by atoms with Crippen molar-refractivity contribution < 1.29 is 9.18 Å². The fourth-order valence-electron chi connectivity index (χ4n) is 2.97. The van der Waals surface area contributed by atoms with Crippen molar-refractivity contribution in [3.63, 3.8) is 0 Å². The monoisotopic (exact) mass is 459 g/mol. The molecule has 0 aliphatic carbocycles. The molecule has 0 saturated carbocycles. The van der Waals surface area contributed by atoms with Gasteiger partial charge in [0.05, 0.1) is 11.1 Å². The van der Waals surface area contributed by atoms with Gasteiger partial charge in [0.25, 0.3) is 5.56 Å². The molecular formula is C21H18FN3O2S3. The average molecular weight is 460 g/mol. The summed E-state index contributed by atoms with van der Waals surface area (Å²) in [5.41, 5.74) is 1.76. The molecule has 30 heavy (non-hydrogen) atoms. The Hall–Kier alpha value is -2.49. The van der Waals surface area contributed by atoms with Gasteiger partial charge in [0, 0.05) is 29.4 Å². The summed E-state index contributed by atoms with van der Waals surface area (Å²) in [5, 5.41) is 7.92. The third kappa shape index (κ3) is 4.48. The lowest BCUT2D eigenvalue weighted by Crippen LogP contribution is -2.28. The first-order valence-corrected chi connectivity index (χ1v) is 11.9. The minimum Gasteiger partial charge on any atom is -0.355 e. The van der Waals surface area contributed by atoms with Crippen molar-refractivity contribution in [1.29, 1.82) is 0 Å². The maximum atomic E-state index is 12.9. The van der Waals surface area contributed by atoms with Crippen LogP contribution in [-0.2, 0) is 18.3 Å². The van der Waals surface area contributed by atoms with Crippen LogP contribution in [-0.4, -0.2) is 27.8 Å². The fourth-order valence-corrected chi connectivity index (χ4v) is 5.58. The quantitative estimate of drug-likeness (QED) is 0.330. The van der Waals surface area contributed by atoms with E-state index >= 15 is 0 Å². The molecule has 3 heterocycles. The topological polar surface area (TPSA) is 64.0 Å². The molecule has 0 spiro atoms. The minimum absolute atomic E-state index is 0.108. The highest BCUT2D eigenvalue weighted by molar-refractivity contribution is 7.99. The Morgan fingerprint density at radius 3 is 2.77 bits per heavy atom. The van der Waals surface area contributed by atoms with Crippen molar-refractivity contribution >= 4 is 50.6 Å². The first-order valence-electron chi connectivity index (χ1n) is 9.19. The number of hydrogen-bond acceptors (Lipinski definition) is 6. The van der Waals surface area contributed by atoms with Crippen LogP contribution in [0, 0.1) is 5.82 Å². The van der Waals surface area contributed by atoms with Gasteiger partial charge in [-0.05, 0) is 35.6 Å². The molecule has 0 aliphatic heterocycles. The molecule has 0 bridgehead atoms. The van der Waals surface area contributed by atoms with Crippen LogP contribution in [0.3, 0.4) is 0 Å². The Morgan fingerprint density at radius 2 is 2.03 bits per heavy atom. The second kappa shape index (κ2) is 9.11. The Balaban J connectivity index is 1.40. The number of nitrogens with zero attached hydrogens (tertiary/aromatic N) is 2. The van der Waals surface area contributed by atoms with Crippen LogP contribution in [0.4, 0.5) is 4.39 Å². The van der Waals surface area contributed by atoms with Gasteiger partial charge in [-0.1, -0.05) is 30.0 Å². The van der Waals surface area contributed by atoms with Gasteiger partial charge in [-0.3, -0.25) is 14.2 Å². The van der Waals surface area contributed by atoms with Crippen molar-refractivity contribution in [1.82, 2.24) is 14.9 Å². The standard InChI is InChI=1S/C21H18FN3O2S3/c1-25-20(27)18-15(16-3-2-10-28-16)11-29-19(18)24-21(25)30-12-17(26)23-9-8-13-4-6-14(22)7-5-13/h2-7,10-11H,8-9,12H2,1H3,(H,23,26). The number of halogens is 1. The van der Waals surface area contributed by atoms with E-state index < -0.39 is 0 Å². The molecular weight excluding hydrogens is 441 g/mol. The van der Waals surface area contributed by atoms with Crippen molar-refractivity contribution in [2.24, 2.45) is 7.05 Å². The van der Waals surface area contributed by atoms with E-state index in [0.29, 0.717) is 28.3 Å². The van der Waals surface area contributed by atoms with Gasteiger partial charge in [0.2, 0.25) is 5.91 Å². The van der Waals surface area contributed by atoms with E-state index in [1.54, 1.807) is 30.5 Å². The molecule has 1 amide bonds. The summed E-state index contributed by atoms with van der Waals surface area (Å²) in [4.78, 5) is 31.4. The van der Waals surface area contributed by atoms with Gasteiger partial charge >= 0.3 is 0 Å². The summed E-state index contributed by atoms with van der Waals surface area (Å²) < 4.78 is 14.4. The van der Waals surface area contributed by atoms with Crippen LogP contribution in [0.2, 0.25) is 0 Å². The van der Waals surface area contributed by atoms with Crippen LogP contribution in [0.25, 0.3) is 20.7 Å². The van der Waals surface area contributed by atoms with E-state index in [2.05, 4.69) is 10.3 Å². The predicted molar refractivity (Wildman–Crippen MR) is 122 cm³/mol. The van der Waals surface area contributed by atoms with E-state index in [1.807, 2.05) is 22.9 Å². The summed E-state index contributed by atoms with van der Waals surface area (Å²) >= 11 is 4.27. The van der Waals surface area contributed by atoms with Crippen LogP contribution in [0.15, 0.2) is 57.1 Å². The molecule has 9 heteroatoms.